The van der Waals surface area contributed by atoms with Crippen molar-refractivity contribution in [3.05, 3.63) is 12.4 Å². The number of sulfonamides is 1. The van der Waals surface area contributed by atoms with Crippen LogP contribution in [0.25, 0.3) is 0 Å². The molecule has 2 fully saturated rings. The van der Waals surface area contributed by atoms with Gasteiger partial charge in [0.05, 0.1) is 12.2 Å². The lowest BCUT2D eigenvalue weighted by molar-refractivity contribution is 0.0662. The average molecular weight is 314 g/mol. The molecule has 2 N–H and O–H groups in total. The van der Waals surface area contributed by atoms with Crippen LogP contribution in [-0.4, -0.2) is 50.5 Å². The van der Waals surface area contributed by atoms with Crippen LogP contribution in [0.3, 0.4) is 0 Å². The predicted molar refractivity (Wildman–Crippen MR) is 77.5 cm³/mol. The topological polar surface area (TPSA) is 85.3 Å². The third kappa shape index (κ3) is 3.63. The number of ether oxygens (including phenoxy) is 1. The molecule has 2 saturated heterocycles. The number of aromatic nitrogens is 2. The first-order chi connectivity index (χ1) is 10.1. The molecule has 1 aromatic heterocycles. The molecule has 0 saturated carbocycles. The van der Waals surface area contributed by atoms with Gasteiger partial charge in [0.15, 0.2) is 0 Å². The highest BCUT2D eigenvalue weighted by Gasteiger charge is 2.23. The van der Waals surface area contributed by atoms with E-state index in [4.69, 9.17) is 4.74 Å². The van der Waals surface area contributed by atoms with Gasteiger partial charge in [-0.25, -0.2) is 13.1 Å². The van der Waals surface area contributed by atoms with E-state index in [0.29, 0.717) is 19.8 Å². The molecular weight excluding hydrogens is 292 g/mol. The largest absolute Gasteiger partial charge is 0.381 e. The standard InChI is InChI=1S/C13H22N4O3S/c18-21(19,16-8-11-2-1-5-14-11)13-9-15-17(10-13)12-3-6-20-7-4-12/h9-12,14,16H,1-8H2. The third-order valence-electron chi connectivity index (χ3n) is 4.14. The summed E-state index contributed by atoms with van der Waals surface area (Å²) in [6.45, 7) is 2.81. The first-order valence-corrected chi connectivity index (χ1v) is 8.98. The van der Waals surface area contributed by atoms with Gasteiger partial charge in [-0.2, -0.15) is 5.10 Å². The Labute approximate surface area is 125 Å². The van der Waals surface area contributed by atoms with E-state index in [-0.39, 0.29) is 17.0 Å². The van der Waals surface area contributed by atoms with Gasteiger partial charge >= 0.3 is 0 Å². The summed E-state index contributed by atoms with van der Waals surface area (Å²) in [5, 5.41) is 7.49. The van der Waals surface area contributed by atoms with E-state index in [9.17, 15) is 8.42 Å². The lowest BCUT2D eigenvalue weighted by Crippen LogP contribution is -2.37. The zero-order valence-electron chi connectivity index (χ0n) is 12.0. The monoisotopic (exact) mass is 314 g/mol. The van der Waals surface area contributed by atoms with Gasteiger partial charge in [0.25, 0.3) is 0 Å². The Morgan fingerprint density at radius 3 is 2.90 bits per heavy atom. The molecular formula is C13H22N4O3S. The van der Waals surface area contributed by atoms with Gasteiger partial charge < -0.3 is 10.1 Å². The molecule has 0 radical (unpaired) electrons. The molecule has 21 heavy (non-hydrogen) atoms. The molecule has 0 spiro atoms. The minimum Gasteiger partial charge on any atom is -0.381 e. The number of hydrogen-bond acceptors (Lipinski definition) is 5. The van der Waals surface area contributed by atoms with Gasteiger partial charge in [-0.15, -0.1) is 0 Å². The average Bonchev–Trinajstić information content (AvgIpc) is 3.18. The number of rotatable bonds is 5. The van der Waals surface area contributed by atoms with Crippen molar-refractivity contribution >= 4 is 10.0 Å². The Hall–Kier alpha value is -0.960. The molecule has 0 aliphatic carbocycles. The van der Waals surface area contributed by atoms with Crippen LogP contribution in [0.5, 0.6) is 0 Å². The Balaban J connectivity index is 1.63. The van der Waals surface area contributed by atoms with Crippen molar-refractivity contribution in [2.24, 2.45) is 0 Å². The van der Waals surface area contributed by atoms with Crippen LogP contribution in [0, 0.1) is 0 Å². The highest BCUT2D eigenvalue weighted by Crippen LogP contribution is 2.21. The maximum atomic E-state index is 12.3. The van der Waals surface area contributed by atoms with Crippen LogP contribution in [-0.2, 0) is 14.8 Å². The lowest BCUT2D eigenvalue weighted by atomic mass is 10.1. The summed E-state index contributed by atoms with van der Waals surface area (Å²) < 4.78 is 34.3. The fourth-order valence-electron chi connectivity index (χ4n) is 2.83. The first kappa shape index (κ1) is 15.0. The smallest absolute Gasteiger partial charge is 0.243 e. The summed E-state index contributed by atoms with van der Waals surface area (Å²) in [6.07, 6.45) is 6.93. The Morgan fingerprint density at radius 1 is 1.38 bits per heavy atom. The zero-order chi connectivity index (χ0) is 14.7. The molecule has 118 valence electrons. The fraction of sp³-hybridized carbons (Fsp3) is 0.769. The maximum absolute atomic E-state index is 12.3. The van der Waals surface area contributed by atoms with Crippen molar-refractivity contribution < 1.29 is 13.2 Å². The molecule has 3 rings (SSSR count). The highest BCUT2D eigenvalue weighted by molar-refractivity contribution is 7.89. The Morgan fingerprint density at radius 2 is 2.19 bits per heavy atom. The first-order valence-electron chi connectivity index (χ1n) is 7.50. The van der Waals surface area contributed by atoms with E-state index in [2.05, 4.69) is 15.1 Å². The predicted octanol–water partition coefficient (Wildman–Crippen LogP) is 0.265. The van der Waals surface area contributed by atoms with Crippen LogP contribution < -0.4 is 10.0 Å². The van der Waals surface area contributed by atoms with E-state index in [1.54, 1.807) is 10.9 Å². The highest BCUT2D eigenvalue weighted by atomic mass is 32.2. The van der Waals surface area contributed by atoms with Gasteiger partial charge in [0, 0.05) is 32.0 Å². The molecule has 2 aliphatic rings. The van der Waals surface area contributed by atoms with Gasteiger partial charge in [0.2, 0.25) is 10.0 Å². The molecule has 8 heteroatoms. The van der Waals surface area contributed by atoms with Crippen molar-refractivity contribution in [3.8, 4) is 0 Å². The minimum absolute atomic E-state index is 0.235. The fourth-order valence-corrected chi connectivity index (χ4v) is 3.85. The summed E-state index contributed by atoms with van der Waals surface area (Å²) in [7, 11) is -3.47. The second-order valence-corrected chi connectivity index (χ2v) is 7.41. The zero-order valence-corrected chi connectivity index (χ0v) is 12.8. The van der Waals surface area contributed by atoms with Gasteiger partial charge in [0.1, 0.15) is 4.90 Å². The summed E-state index contributed by atoms with van der Waals surface area (Å²) >= 11 is 0. The molecule has 1 atom stereocenters. The molecule has 0 amide bonds. The van der Waals surface area contributed by atoms with E-state index in [0.717, 1.165) is 32.2 Å². The summed E-state index contributed by atoms with van der Waals surface area (Å²) in [5.41, 5.74) is 0. The minimum atomic E-state index is -3.47. The van der Waals surface area contributed by atoms with E-state index < -0.39 is 10.0 Å². The SMILES string of the molecule is O=S(=O)(NCC1CCCN1)c1cnn(C2CCOCC2)c1. The quantitative estimate of drug-likeness (QED) is 0.814. The Kier molecular flexibility index (Phi) is 4.58. The molecule has 0 bridgehead atoms. The van der Waals surface area contributed by atoms with Crippen molar-refractivity contribution in [1.29, 1.82) is 0 Å². The Bertz CT molecular complexity index is 560. The number of nitrogens with zero attached hydrogens (tertiary/aromatic N) is 2. The van der Waals surface area contributed by atoms with E-state index >= 15 is 0 Å². The molecule has 3 heterocycles. The molecule has 2 aliphatic heterocycles. The lowest BCUT2D eigenvalue weighted by Gasteiger charge is -2.22. The summed E-state index contributed by atoms with van der Waals surface area (Å²) in [5.74, 6) is 0. The van der Waals surface area contributed by atoms with Crippen LogP contribution in [0.2, 0.25) is 0 Å². The summed E-state index contributed by atoms with van der Waals surface area (Å²) in [4.78, 5) is 0.243. The number of hydrogen-bond donors (Lipinski definition) is 2. The van der Waals surface area contributed by atoms with Crippen LogP contribution in [0.4, 0.5) is 0 Å². The van der Waals surface area contributed by atoms with Crippen molar-refractivity contribution in [2.75, 3.05) is 26.3 Å². The van der Waals surface area contributed by atoms with E-state index in [1.807, 2.05) is 0 Å². The normalized spacial score (nSPS) is 24.5. The molecule has 0 aromatic carbocycles. The molecule has 1 unspecified atom stereocenters. The van der Waals surface area contributed by atoms with Crippen molar-refractivity contribution in [1.82, 2.24) is 19.8 Å². The third-order valence-corrected chi connectivity index (χ3v) is 5.51. The molecule has 7 nitrogen and oxygen atoms in total. The van der Waals surface area contributed by atoms with Crippen LogP contribution >= 0.6 is 0 Å². The summed E-state index contributed by atoms with van der Waals surface area (Å²) in [6, 6.07) is 0.476. The van der Waals surface area contributed by atoms with Crippen molar-refractivity contribution in [3.63, 3.8) is 0 Å². The van der Waals surface area contributed by atoms with Crippen LogP contribution in [0.1, 0.15) is 31.7 Å². The second kappa shape index (κ2) is 6.43. The molecule has 1 aromatic rings. The van der Waals surface area contributed by atoms with Crippen molar-refractivity contribution in [2.45, 2.75) is 42.7 Å². The number of nitrogens with one attached hydrogen (secondary N) is 2. The maximum Gasteiger partial charge on any atom is 0.243 e. The van der Waals surface area contributed by atoms with Gasteiger partial charge in [-0.3, -0.25) is 4.68 Å². The van der Waals surface area contributed by atoms with Gasteiger partial charge in [-0.05, 0) is 32.2 Å². The second-order valence-electron chi connectivity index (χ2n) is 5.64. The van der Waals surface area contributed by atoms with E-state index in [1.165, 1.54) is 6.20 Å². The van der Waals surface area contributed by atoms with Gasteiger partial charge in [-0.1, -0.05) is 0 Å². The van der Waals surface area contributed by atoms with Crippen LogP contribution in [0.15, 0.2) is 17.3 Å².